The number of aryl methyl sites for hydroxylation is 2. The zero-order chi connectivity index (χ0) is 19.6. The number of ether oxygens (including phenoxy) is 2. The first-order chi connectivity index (χ1) is 12.9. The van der Waals surface area contributed by atoms with Gasteiger partial charge in [-0.25, -0.2) is 0 Å². The first kappa shape index (κ1) is 18.9. The van der Waals surface area contributed by atoms with Gasteiger partial charge in [0.1, 0.15) is 11.5 Å². The highest BCUT2D eigenvalue weighted by Gasteiger charge is 2.13. The average molecular weight is 382 g/mol. The molecular weight excluding hydrogens is 360 g/mol. The van der Waals surface area contributed by atoms with E-state index >= 15 is 0 Å². The third-order valence-corrected chi connectivity index (χ3v) is 5.37. The van der Waals surface area contributed by atoms with Crippen LogP contribution in [0.25, 0.3) is 11.3 Å². The normalized spacial score (nSPS) is 11.5. The lowest BCUT2D eigenvalue weighted by atomic mass is 10.1. The van der Waals surface area contributed by atoms with Crippen LogP contribution >= 0.6 is 11.3 Å². The van der Waals surface area contributed by atoms with Crippen LogP contribution in [-0.4, -0.2) is 24.7 Å². The number of hydrogen-bond donors (Lipinski definition) is 0. The van der Waals surface area contributed by atoms with Crippen molar-refractivity contribution in [2.24, 2.45) is 12.0 Å². The Balaban J connectivity index is 2.04. The van der Waals surface area contributed by atoms with E-state index in [1.54, 1.807) is 32.4 Å². The zero-order valence-electron chi connectivity index (χ0n) is 16.1. The van der Waals surface area contributed by atoms with Crippen LogP contribution in [0.1, 0.15) is 20.8 Å². The van der Waals surface area contributed by atoms with Gasteiger partial charge in [0.2, 0.25) is 0 Å². The van der Waals surface area contributed by atoms with Gasteiger partial charge in [-0.2, -0.15) is 4.99 Å². The number of thiazole rings is 1. The summed E-state index contributed by atoms with van der Waals surface area (Å²) in [6.07, 6.45) is 0. The number of carbonyl (C=O) groups excluding carboxylic acids is 1. The number of amides is 1. The van der Waals surface area contributed by atoms with E-state index in [9.17, 15) is 4.79 Å². The summed E-state index contributed by atoms with van der Waals surface area (Å²) in [5, 5.41) is 0. The molecule has 0 unspecified atom stereocenters. The molecule has 3 aromatic rings. The summed E-state index contributed by atoms with van der Waals surface area (Å²) in [4.78, 5) is 18.8. The summed E-state index contributed by atoms with van der Waals surface area (Å²) in [5.41, 5.74) is 3.80. The highest BCUT2D eigenvalue weighted by molar-refractivity contribution is 7.09. The van der Waals surface area contributed by atoms with E-state index in [0.717, 1.165) is 16.1 Å². The molecule has 1 amide bonds. The Morgan fingerprint density at radius 2 is 1.59 bits per heavy atom. The lowest BCUT2D eigenvalue weighted by Crippen LogP contribution is -2.14. The lowest BCUT2D eigenvalue weighted by molar-refractivity contribution is 0.0997. The largest absolute Gasteiger partial charge is 0.497 e. The van der Waals surface area contributed by atoms with E-state index in [1.165, 1.54) is 16.9 Å². The Bertz CT molecular complexity index is 1020. The molecule has 140 valence electrons. The maximum atomic E-state index is 12.7. The fourth-order valence-electron chi connectivity index (χ4n) is 2.87. The predicted octanol–water partition coefficient (Wildman–Crippen LogP) is 4.13. The second kappa shape index (κ2) is 7.80. The van der Waals surface area contributed by atoms with Crippen LogP contribution < -0.4 is 14.3 Å². The quantitative estimate of drug-likeness (QED) is 0.682. The number of hydrogen-bond acceptors (Lipinski definition) is 4. The third kappa shape index (κ3) is 3.95. The number of benzene rings is 2. The smallest absolute Gasteiger partial charge is 0.279 e. The zero-order valence-corrected chi connectivity index (χ0v) is 16.9. The van der Waals surface area contributed by atoms with Crippen molar-refractivity contribution in [1.82, 2.24) is 4.57 Å². The summed E-state index contributed by atoms with van der Waals surface area (Å²) in [5.74, 6) is 0.777. The number of carbonyl (C=O) groups is 1. The van der Waals surface area contributed by atoms with Crippen molar-refractivity contribution in [2.75, 3.05) is 14.2 Å². The molecule has 6 heteroatoms. The summed E-state index contributed by atoms with van der Waals surface area (Å²) in [6.45, 7) is 4.10. The maximum Gasteiger partial charge on any atom is 0.279 e. The number of nitrogens with zero attached hydrogens (tertiary/aromatic N) is 2. The molecule has 27 heavy (non-hydrogen) atoms. The van der Waals surface area contributed by atoms with Crippen LogP contribution in [0.15, 0.2) is 47.5 Å². The van der Waals surface area contributed by atoms with Gasteiger partial charge in [-0.3, -0.25) is 4.79 Å². The molecule has 1 aromatic heterocycles. The molecule has 0 saturated heterocycles. The Morgan fingerprint density at radius 3 is 2.15 bits per heavy atom. The van der Waals surface area contributed by atoms with Gasteiger partial charge in [0.25, 0.3) is 5.91 Å². The minimum Gasteiger partial charge on any atom is -0.497 e. The average Bonchev–Trinajstić information content (AvgIpc) is 2.95. The van der Waals surface area contributed by atoms with Gasteiger partial charge in [0.05, 0.1) is 19.9 Å². The second-order valence-corrected chi connectivity index (χ2v) is 7.41. The van der Waals surface area contributed by atoms with Gasteiger partial charge >= 0.3 is 0 Å². The van der Waals surface area contributed by atoms with Crippen LogP contribution in [0.2, 0.25) is 0 Å². The first-order valence-corrected chi connectivity index (χ1v) is 9.30. The molecule has 0 aliphatic rings. The van der Waals surface area contributed by atoms with E-state index in [0.29, 0.717) is 21.9 Å². The third-order valence-electron chi connectivity index (χ3n) is 4.32. The maximum absolute atomic E-state index is 12.7. The van der Waals surface area contributed by atoms with Gasteiger partial charge in [0, 0.05) is 23.6 Å². The molecule has 1 heterocycles. The van der Waals surface area contributed by atoms with E-state index in [4.69, 9.17) is 9.47 Å². The summed E-state index contributed by atoms with van der Waals surface area (Å²) in [6, 6.07) is 13.4. The van der Waals surface area contributed by atoms with Crippen molar-refractivity contribution in [3.63, 3.8) is 0 Å². The number of rotatable bonds is 4. The van der Waals surface area contributed by atoms with E-state index in [-0.39, 0.29) is 5.91 Å². The molecule has 0 radical (unpaired) electrons. The molecular formula is C21H22N2O3S. The fourth-order valence-corrected chi connectivity index (χ4v) is 3.86. The van der Waals surface area contributed by atoms with Crippen molar-refractivity contribution < 1.29 is 14.3 Å². The monoisotopic (exact) mass is 382 g/mol. The van der Waals surface area contributed by atoms with Crippen LogP contribution in [0, 0.1) is 13.8 Å². The number of methoxy groups -OCH3 is 2. The molecule has 0 bridgehead atoms. The van der Waals surface area contributed by atoms with Crippen LogP contribution in [-0.2, 0) is 7.05 Å². The van der Waals surface area contributed by atoms with E-state index < -0.39 is 0 Å². The van der Waals surface area contributed by atoms with Crippen LogP contribution in [0.5, 0.6) is 11.5 Å². The minimum atomic E-state index is -0.334. The van der Waals surface area contributed by atoms with Crippen molar-refractivity contribution in [1.29, 1.82) is 0 Å². The van der Waals surface area contributed by atoms with Gasteiger partial charge in [-0.05, 0) is 31.5 Å². The fraction of sp³-hybridized carbons (Fsp3) is 0.238. The van der Waals surface area contributed by atoms with E-state index in [2.05, 4.69) is 36.2 Å². The van der Waals surface area contributed by atoms with E-state index in [1.807, 2.05) is 18.5 Å². The molecule has 0 aliphatic heterocycles. The lowest BCUT2D eigenvalue weighted by Gasteiger charge is -2.06. The van der Waals surface area contributed by atoms with Crippen molar-refractivity contribution >= 4 is 17.2 Å². The Morgan fingerprint density at radius 1 is 1.00 bits per heavy atom. The van der Waals surface area contributed by atoms with Crippen LogP contribution in [0.3, 0.4) is 0 Å². The van der Waals surface area contributed by atoms with Crippen molar-refractivity contribution in [3.8, 4) is 22.8 Å². The predicted molar refractivity (Wildman–Crippen MR) is 108 cm³/mol. The summed E-state index contributed by atoms with van der Waals surface area (Å²) >= 11 is 1.50. The minimum absolute atomic E-state index is 0.334. The summed E-state index contributed by atoms with van der Waals surface area (Å²) in [7, 11) is 5.03. The SMILES string of the molecule is COc1cc(OC)cc(C(=O)N=c2sc(C)c(-c3ccc(C)cc3)n2C)c1. The topological polar surface area (TPSA) is 52.8 Å². The van der Waals surface area contributed by atoms with Crippen molar-refractivity contribution in [2.45, 2.75) is 13.8 Å². The standard InChI is InChI=1S/C21H22N2O3S/c1-13-6-8-15(9-7-13)19-14(2)27-21(23(19)3)22-20(24)16-10-17(25-4)12-18(11-16)26-5/h6-12H,1-5H3. The summed E-state index contributed by atoms with van der Waals surface area (Å²) < 4.78 is 12.4. The molecule has 0 aliphatic carbocycles. The van der Waals surface area contributed by atoms with Gasteiger partial charge < -0.3 is 14.0 Å². The second-order valence-electron chi connectivity index (χ2n) is 6.23. The highest BCUT2D eigenvalue weighted by atomic mass is 32.1. The Labute approximate surface area is 162 Å². The van der Waals surface area contributed by atoms with Crippen molar-refractivity contribution in [3.05, 3.63) is 63.3 Å². The Kier molecular flexibility index (Phi) is 5.46. The van der Waals surface area contributed by atoms with Gasteiger partial charge in [-0.1, -0.05) is 29.8 Å². The Hall–Kier alpha value is -2.86. The van der Waals surface area contributed by atoms with Gasteiger partial charge in [0.15, 0.2) is 4.80 Å². The van der Waals surface area contributed by atoms with Gasteiger partial charge in [-0.15, -0.1) is 11.3 Å². The molecule has 0 fully saturated rings. The molecule has 0 N–H and O–H groups in total. The highest BCUT2D eigenvalue weighted by Crippen LogP contribution is 2.25. The van der Waals surface area contributed by atoms with Crippen LogP contribution in [0.4, 0.5) is 0 Å². The number of aromatic nitrogens is 1. The molecule has 3 rings (SSSR count). The first-order valence-electron chi connectivity index (χ1n) is 8.48. The molecule has 0 spiro atoms. The molecule has 0 saturated carbocycles. The molecule has 2 aromatic carbocycles. The molecule has 5 nitrogen and oxygen atoms in total. The molecule has 0 atom stereocenters.